The molecular formula is C28H33N2O3Si. The number of carboxylic acid groups (broad SMARTS) is 1. The first-order valence-corrected chi connectivity index (χ1v) is 12.7. The molecule has 2 aromatic carbocycles. The van der Waals surface area contributed by atoms with Gasteiger partial charge in [-0.3, -0.25) is 4.90 Å². The molecule has 2 heterocycles. The van der Waals surface area contributed by atoms with Gasteiger partial charge in [-0.25, -0.2) is 4.79 Å². The van der Waals surface area contributed by atoms with Crippen LogP contribution in [0.25, 0.3) is 0 Å². The third kappa shape index (κ3) is 2.76. The molecule has 34 heavy (non-hydrogen) atoms. The monoisotopic (exact) mass is 473 g/mol. The molecule has 3 unspecified atom stereocenters. The molecule has 0 aromatic heterocycles. The van der Waals surface area contributed by atoms with E-state index in [-0.39, 0.29) is 11.6 Å². The van der Waals surface area contributed by atoms with Crippen LogP contribution in [-0.4, -0.2) is 51.2 Å². The predicted octanol–water partition coefficient (Wildman–Crippen LogP) is 4.78. The molecule has 1 fully saturated rings. The lowest BCUT2D eigenvalue weighted by atomic mass is 9.49. The molecule has 177 valence electrons. The van der Waals surface area contributed by atoms with Gasteiger partial charge in [0.1, 0.15) is 0 Å². The maximum atomic E-state index is 12.6. The molecule has 5 rings (SSSR count). The van der Waals surface area contributed by atoms with Crippen molar-refractivity contribution in [2.45, 2.75) is 68.9 Å². The first-order chi connectivity index (χ1) is 16.4. The van der Waals surface area contributed by atoms with Crippen molar-refractivity contribution in [3.05, 3.63) is 77.0 Å². The van der Waals surface area contributed by atoms with Gasteiger partial charge in [-0.15, -0.1) is 0 Å². The summed E-state index contributed by atoms with van der Waals surface area (Å²) in [4.78, 5) is 15.3. The van der Waals surface area contributed by atoms with Gasteiger partial charge in [-0.2, -0.15) is 0 Å². The van der Waals surface area contributed by atoms with Gasteiger partial charge >= 0.3 is 5.97 Å². The largest absolute Gasteiger partial charge is 0.478 e. The third-order valence-corrected chi connectivity index (χ3v) is 9.00. The van der Waals surface area contributed by atoms with Crippen molar-refractivity contribution in [1.29, 1.82) is 0 Å². The van der Waals surface area contributed by atoms with E-state index in [0.717, 1.165) is 37.2 Å². The van der Waals surface area contributed by atoms with Crippen molar-refractivity contribution in [2.75, 3.05) is 18.5 Å². The Labute approximate surface area is 205 Å². The number of para-hydroxylation sites is 1. The molecule has 1 aliphatic carbocycles. The van der Waals surface area contributed by atoms with Crippen LogP contribution in [-0.2, 0) is 20.1 Å². The van der Waals surface area contributed by atoms with Gasteiger partial charge in [0.2, 0.25) is 10.5 Å². The predicted molar refractivity (Wildman–Crippen MR) is 135 cm³/mol. The number of hydrogen-bond acceptors (Lipinski definition) is 4. The summed E-state index contributed by atoms with van der Waals surface area (Å²) in [5, 5.41) is 14.0. The van der Waals surface area contributed by atoms with E-state index < -0.39 is 16.8 Å². The molecule has 0 saturated carbocycles. The summed E-state index contributed by atoms with van der Waals surface area (Å²) in [6.07, 6.45) is 3.55. The highest BCUT2D eigenvalue weighted by molar-refractivity contribution is 5.98. The lowest BCUT2D eigenvalue weighted by molar-refractivity contribution is -0.133. The number of benzene rings is 2. The van der Waals surface area contributed by atoms with Crippen LogP contribution >= 0.6 is 0 Å². The summed E-state index contributed by atoms with van der Waals surface area (Å²) < 4.78 is 5.92. The maximum absolute atomic E-state index is 12.6. The average Bonchev–Trinajstić information content (AvgIpc) is 3.26. The average molecular weight is 474 g/mol. The number of anilines is 1. The zero-order valence-corrected chi connectivity index (χ0v) is 21.2. The second kappa shape index (κ2) is 8.36. The lowest BCUT2D eigenvalue weighted by Crippen LogP contribution is -2.61. The maximum Gasteiger partial charge on any atom is 0.333 e. The first kappa shape index (κ1) is 23.3. The summed E-state index contributed by atoms with van der Waals surface area (Å²) in [6.45, 7) is 8.25. The number of carbonyl (C=O) groups is 1. The van der Waals surface area contributed by atoms with Gasteiger partial charge in [-0.05, 0) is 56.8 Å². The first-order valence-electron chi connectivity index (χ1n) is 12.3. The Balaban J connectivity index is 1.94. The number of nitrogens with zero attached hydrogens (tertiary/aromatic N) is 1. The normalized spacial score (nSPS) is 29.4. The number of hydrogen-bond donors (Lipinski definition) is 2. The highest BCUT2D eigenvalue weighted by Crippen LogP contribution is 2.70. The number of unbranched alkanes of at least 4 members (excludes halogenated alkanes) is 1. The van der Waals surface area contributed by atoms with E-state index in [1.165, 1.54) is 11.1 Å². The quantitative estimate of drug-likeness (QED) is 0.567. The Morgan fingerprint density at radius 2 is 1.88 bits per heavy atom. The molecule has 6 heteroatoms. The van der Waals surface area contributed by atoms with Gasteiger partial charge in [0.25, 0.3) is 0 Å². The van der Waals surface area contributed by atoms with Crippen LogP contribution in [0.3, 0.4) is 0 Å². The number of likely N-dealkylation sites (tertiary alicyclic amines) is 1. The Hall–Kier alpha value is -2.41. The number of nitrogens with one attached hydrogen (secondary N) is 1. The summed E-state index contributed by atoms with van der Waals surface area (Å²) in [5.41, 5.74) is 3.24. The van der Waals surface area contributed by atoms with E-state index in [0.29, 0.717) is 18.6 Å². The summed E-state index contributed by atoms with van der Waals surface area (Å²) in [6, 6.07) is 19.1. The molecule has 3 aliphatic rings. The second-order valence-electron chi connectivity index (χ2n) is 10.4. The summed E-state index contributed by atoms with van der Waals surface area (Å²) in [5.74, 6) is -0.834. The fourth-order valence-corrected chi connectivity index (χ4v) is 7.80. The van der Waals surface area contributed by atoms with E-state index in [4.69, 9.17) is 4.43 Å². The van der Waals surface area contributed by atoms with E-state index in [1.807, 2.05) is 12.1 Å². The molecule has 1 saturated heterocycles. The molecule has 2 aromatic rings. The van der Waals surface area contributed by atoms with Crippen LogP contribution in [0.2, 0.25) is 0 Å². The van der Waals surface area contributed by atoms with Crippen LogP contribution in [0.4, 0.5) is 5.69 Å². The van der Waals surface area contributed by atoms with E-state index in [1.54, 1.807) is 0 Å². The fourth-order valence-electron chi connectivity index (χ4n) is 7.58. The van der Waals surface area contributed by atoms with Crippen LogP contribution in [0, 0.1) is 0 Å². The SMILES string of the molecule is CCCCN1C2CCC(C(=O)O)=C3Nc4ccccc4C32C(CO[Si])(c2ccccc2)C1(C)C. The molecular weight excluding hydrogens is 440 g/mol. The van der Waals surface area contributed by atoms with Crippen molar-refractivity contribution >= 4 is 22.1 Å². The highest BCUT2D eigenvalue weighted by Gasteiger charge is 2.76. The number of aliphatic carboxylic acids is 1. The number of carboxylic acids is 1. The van der Waals surface area contributed by atoms with Crippen molar-refractivity contribution < 1.29 is 14.3 Å². The minimum absolute atomic E-state index is 0.144. The fraction of sp³-hybridized carbons (Fsp3) is 0.464. The van der Waals surface area contributed by atoms with E-state index in [9.17, 15) is 9.90 Å². The van der Waals surface area contributed by atoms with Gasteiger partial charge in [0.15, 0.2) is 0 Å². The van der Waals surface area contributed by atoms with Gasteiger partial charge in [-0.1, -0.05) is 61.9 Å². The van der Waals surface area contributed by atoms with Crippen LogP contribution in [0.1, 0.15) is 57.6 Å². The van der Waals surface area contributed by atoms with Crippen LogP contribution in [0.15, 0.2) is 65.9 Å². The van der Waals surface area contributed by atoms with E-state index in [2.05, 4.69) is 83.9 Å². The molecule has 3 atom stereocenters. The van der Waals surface area contributed by atoms with Crippen LogP contribution in [0.5, 0.6) is 0 Å². The third-order valence-electron chi connectivity index (χ3n) is 8.85. The van der Waals surface area contributed by atoms with Crippen molar-refractivity contribution in [1.82, 2.24) is 4.90 Å². The summed E-state index contributed by atoms with van der Waals surface area (Å²) in [7, 11) is 3.40. The molecule has 0 amide bonds. The van der Waals surface area contributed by atoms with Gasteiger partial charge in [0, 0.05) is 29.6 Å². The Morgan fingerprint density at radius 1 is 1.18 bits per heavy atom. The minimum Gasteiger partial charge on any atom is -0.478 e. The number of fused-ring (bicyclic) bond motifs is 1. The number of rotatable bonds is 7. The van der Waals surface area contributed by atoms with Gasteiger partial charge in [0.05, 0.1) is 16.4 Å². The minimum atomic E-state index is -0.834. The van der Waals surface area contributed by atoms with Gasteiger partial charge < -0.3 is 14.8 Å². The Bertz CT molecular complexity index is 1130. The van der Waals surface area contributed by atoms with E-state index >= 15 is 0 Å². The topological polar surface area (TPSA) is 61.8 Å². The second-order valence-corrected chi connectivity index (χ2v) is 10.6. The molecule has 0 bridgehead atoms. The smallest absolute Gasteiger partial charge is 0.333 e. The van der Waals surface area contributed by atoms with Crippen molar-refractivity contribution in [3.63, 3.8) is 0 Å². The Kier molecular flexibility index (Phi) is 5.74. The van der Waals surface area contributed by atoms with Crippen molar-refractivity contribution in [3.8, 4) is 0 Å². The lowest BCUT2D eigenvalue weighted by Gasteiger charge is -2.53. The summed E-state index contributed by atoms with van der Waals surface area (Å²) >= 11 is 0. The van der Waals surface area contributed by atoms with Crippen molar-refractivity contribution in [2.24, 2.45) is 0 Å². The van der Waals surface area contributed by atoms with Crippen LogP contribution < -0.4 is 5.32 Å². The molecule has 1 spiro atoms. The zero-order valence-electron chi connectivity index (χ0n) is 20.2. The molecule has 3 radical (unpaired) electrons. The zero-order chi connectivity index (χ0) is 24.1. The highest BCUT2D eigenvalue weighted by atomic mass is 28.2. The molecule has 2 N–H and O–H groups in total. The Morgan fingerprint density at radius 3 is 2.56 bits per heavy atom. The molecule has 5 nitrogen and oxygen atoms in total. The molecule has 2 aliphatic heterocycles. The standard InChI is InChI=1S/C28H33N2O3Si/c1-4-5-17-30-23-16-15-20(25(31)32)24-28(23,21-13-9-10-14-22(21)29-24)27(18-33-34,26(30,2)3)19-11-7-6-8-12-19/h6-14,23,29H,4-5,15-18H2,1-3H3,(H,31,32).